The quantitative estimate of drug-likeness (QED) is 0.707. The molecule has 0 saturated carbocycles. The van der Waals surface area contributed by atoms with Gasteiger partial charge in [-0.1, -0.05) is 6.07 Å². The molecule has 5 rings (SSSR count). The molecule has 7 heteroatoms. The summed E-state index contributed by atoms with van der Waals surface area (Å²) in [7, 11) is 0. The van der Waals surface area contributed by atoms with Gasteiger partial charge in [0.05, 0.1) is 6.26 Å². The van der Waals surface area contributed by atoms with Crippen molar-refractivity contribution >= 4 is 5.88 Å². The lowest BCUT2D eigenvalue weighted by Crippen LogP contribution is -2.47. The summed E-state index contributed by atoms with van der Waals surface area (Å²) in [6, 6.07) is 11.1. The average Bonchev–Trinajstić information content (AvgIpc) is 3.32. The molecule has 0 spiro atoms. The van der Waals surface area contributed by atoms with E-state index in [0.29, 0.717) is 36.5 Å². The van der Waals surface area contributed by atoms with E-state index in [-0.39, 0.29) is 17.2 Å². The number of hydrogen-bond acceptors (Lipinski definition) is 6. The molecule has 0 aliphatic carbocycles. The van der Waals surface area contributed by atoms with Gasteiger partial charge in [-0.25, -0.2) is 0 Å². The van der Waals surface area contributed by atoms with E-state index in [1.54, 1.807) is 24.5 Å². The second kappa shape index (κ2) is 5.63. The molecule has 2 atom stereocenters. The maximum absolute atomic E-state index is 12.1. The molecule has 0 amide bonds. The van der Waals surface area contributed by atoms with Gasteiger partial charge in [-0.05, 0) is 30.5 Å². The van der Waals surface area contributed by atoms with Crippen molar-refractivity contribution < 1.29 is 8.83 Å². The van der Waals surface area contributed by atoms with Crippen LogP contribution in [0.5, 0.6) is 0 Å². The number of piperidine rings is 1. The first-order valence-electron chi connectivity index (χ1n) is 8.62. The maximum Gasteiger partial charge on any atom is 0.266 e. The third-order valence-electron chi connectivity index (χ3n) is 5.21. The summed E-state index contributed by atoms with van der Waals surface area (Å²) in [5.41, 5.74) is 1.38. The number of aromatic nitrogens is 2. The van der Waals surface area contributed by atoms with E-state index in [0.717, 1.165) is 18.7 Å². The first-order chi connectivity index (χ1) is 12.7. The van der Waals surface area contributed by atoms with Crippen LogP contribution >= 0.6 is 0 Å². The zero-order chi connectivity index (χ0) is 17.7. The molecule has 2 aliphatic rings. The van der Waals surface area contributed by atoms with Crippen LogP contribution in [0.15, 0.2) is 50.2 Å². The molecule has 5 heterocycles. The van der Waals surface area contributed by atoms with Gasteiger partial charge in [0.25, 0.3) is 11.4 Å². The van der Waals surface area contributed by atoms with Gasteiger partial charge in [-0.15, -0.1) is 0 Å². The first-order valence-corrected chi connectivity index (χ1v) is 8.62. The third-order valence-corrected chi connectivity index (χ3v) is 5.21. The number of nitriles is 1. The standard InChI is InChI=1S/C19H16N4O3/c20-8-14-19(26-18(21-14)16-4-2-6-25-16)22-9-12-7-13(11-22)15-3-1-5-17(24)23(15)10-12/h1-6,12-13H,7,9-11H2/t12-,13-/m0/s1. The highest BCUT2D eigenvalue weighted by atomic mass is 16.4. The number of oxazole rings is 1. The van der Waals surface area contributed by atoms with E-state index in [1.807, 2.05) is 16.7 Å². The molecule has 7 nitrogen and oxygen atoms in total. The summed E-state index contributed by atoms with van der Waals surface area (Å²) in [5, 5.41) is 9.48. The fraction of sp³-hybridized carbons (Fsp3) is 0.316. The van der Waals surface area contributed by atoms with E-state index in [2.05, 4.69) is 16.0 Å². The van der Waals surface area contributed by atoms with Crippen LogP contribution in [0.1, 0.15) is 23.7 Å². The predicted molar refractivity (Wildman–Crippen MR) is 92.7 cm³/mol. The summed E-state index contributed by atoms with van der Waals surface area (Å²) in [6.45, 7) is 2.13. The zero-order valence-electron chi connectivity index (χ0n) is 14.0. The number of pyridine rings is 1. The van der Waals surface area contributed by atoms with Gasteiger partial charge < -0.3 is 18.3 Å². The number of anilines is 1. The van der Waals surface area contributed by atoms with Gasteiger partial charge in [0.2, 0.25) is 11.6 Å². The number of nitrogens with zero attached hydrogens (tertiary/aromatic N) is 4. The van der Waals surface area contributed by atoms with Crippen LogP contribution < -0.4 is 10.5 Å². The lowest BCUT2D eigenvalue weighted by Gasteiger charge is -2.42. The highest BCUT2D eigenvalue weighted by Crippen LogP contribution is 2.38. The maximum atomic E-state index is 12.1. The van der Waals surface area contributed by atoms with E-state index < -0.39 is 0 Å². The van der Waals surface area contributed by atoms with Gasteiger partial charge in [-0.2, -0.15) is 10.2 Å². The van der Waals surface area contributed by atoms with E-state index in [1.165, 1.54) is 0 Å². The fourth-order valence-corrected chi connectivity index (χ4v) is 4.17. The number of fused-ring (bicyclic) bond motifs is 4. The zero-order valence-corrected chi connectivity index (χ0v) is 14.0. The normalized spacial score (nSPS) is 21.3. The average molecular weight is 348 g/mol. The number of furan rings is 1. The van der Waals surface area contributed by atoms with E-state index >= 15 is 0 Å². The summed E-state index contributed by atoms with van der Waals surface area (Å²) in [4.78, 5) is 18.5. The van der Waals surface area contributed by atoms with Crippen molar-refractivity contribution in [1.82, 2.24) is 9.55 Å². The molecule has 0 aromatic carbocycles. The Morgan fingerprint density at radius 2 is 2.12 bits per heavy atom. The summed E-state index contributed by atoms with van der Waals surface area (Å²) in [6.07, 6.45) is 2.59. The van der Waals surface area contributed by atoms with Crippen LogP contribution in [0.2, 0.25) is 0 Å². The molecular formula is C19H16N4O3. The van der Waals surface area contributed by atoms with Gasteiger partial charge in [0, 0.05) is 37.3 Å². The lowest BCUT2D eigenvalue weighted by atomic mass is 9.83. The molecular weight excluding hydrogens is 332 g/mol. The molecule has 1 saturated heterocycles. The minimum absolute atomic E-state index is 0.0585. The monoisotopic (exact) mass is 348 g/mol. The van der Waals surface area contributed by atoms with E-state index in [9.17, 15) is 10.1 Å². The molecule has 0 N–H and O–H groups in total. The second-order valence-electron chi connectivity index (χ2n) is 6.87. The van der Waals surface area contributed by atoms with Crippen molar-refractivity contribution in [2.45, 2.75) is 18.9 Å². The Labute approximate surface area is 149 Å². The Morgan fingerprint density at radius 1 is 1.19 bits per heavy atom. The smallest absolute Gasteiger partial charge is 0.266 e. The molecule has 0 unspecified atom stereocenters. The summed E-state index contributed by atoms with van der Waals surface area (Å²) >= 11 is 0. The highest BCUT2D eigenvalue weighted by molar-refractivity contribution is 5.56. The van der Waals surface area contributed by atoms with Crippen LogP contribution in [-0.2, 0) is 6.54 Å². The fourth-order valence-electron chi connectivity index (χ4n) is 4.17. The van der Waals surface area contributed by atoms with Gasteiger partial charge >= 0.3 is 0 Å². The predicted octanol–water partition coefficient (Wildman–Crippen LogP) is 2.59. The molecule has 0 radical (unpaired) electrons. The first kappa shape index (κ1) is 15.0. The molecule has 1 fully saturated rings. The van der Waals surface area contributed by atoms with Gasteiger partial charge in [0.15, 0.2) is 5.76 Å². The van der Waals surface area contributed by atoms with Crippen LogP contribution in [0.25, 0.3) is 11.7 Å². The minimum Gasteiger partial charge on any atom is -0.459 e. The molecule has 130 valence electrons. The number of rotatable bonds is 2. The number of hydrogen-bond donors (Lipinski definition) is 0. The van der Waals surface area contributed by atoms with Crippen molar-refractivity contribution in [3.63, 3.8) is 0 Å². The van der Waals surface area contributed by atoms with Crippen LogP contribution in [0.3, 0.4) is 0 Å². The summed E-state index contributed by atoms with van der Waals surface area (Å²) in [5.74, 6) is 1.88. The van der Waals surface area contributed by atoms with Crippen LogP contribution in [0.4, 0.5) is 5.88 Å². The Bertz CT molecular complexity index is 1060. The third kappa shape index (κ3) is 2.26. The van der Waals surface area contributed by atoms with Crippen LogP contribution in [0, 0.1) is 17.2 Å². The summed E-state index contributed by atoms with van der Waals surface area (Å²) < 4.78 is 13.1. The molecule has 3 aromatic heterocycles. The van der Waals surface area contributed by atoms with Crippen molar-refractivity contribution in [1.29, 1.82) is 5.26 Å². The lowest BCUT2D eigenvalue weighted by molar-refractivity contribution is 0.275. The SMILES string of the molecule is N#Cc1nc(-c2ccco2)oc1N1C[C@@H]2C[C@@H](C1)c1cccc(=O)n1C2. The Balaban J connectivity index is 1.52. The highest BCUT2D eigenvalue weighted by Gasteiger charge is 2.36. The Hall–Kier alpha value is -3.27. The minimum atomic E-state index is 0.0585. The Kier molecular flexibility index (Phi) is 3.25. The molecule has 2 aliphatic heterocycles. The van der Waals surface area contributed by atoms with Crippen molar-refractivity contribution in [2.75, 3.05) is 18.0 Å². The molecule has 3 aromatic rings. The van der Waals surface area contributed by atoms with Gasteiger partial charge in [0.1, 0.15) is 6.07 Å². The Morgan fingerprint density at radius 3 is 2.92 bits per heavy atom. The topological polar surface area (TPSA) is 88.2 Å². The van der Waals surface area contributed by atoms with Gasteiger partial charge in [-0.3, -0.25) is 4.79 Å². The van der Waals surface area contributed by atoms with Crippen molar-refractivity contribution in [3.05, 3.63) is 58.3 Å². The second-order valence-corrected chi connectivity index (χ2v) is 6.87. The molecule has 2 bridgehead atoms. The molecule has 26 heavy (non-hydrogen) atoms. The van der Waals surface area contributed by atoms with Crippen molar-refractivity contribution in [3.8, 4) is 17.7 Å². The van der Waals surface area contributed by atoms with Crippen molar-refractivity contribution in [2.24, 2.45) is 5.92 Å². The van der Waals surface area contributed by atoms with E-state index in [4.69, 9.17) is 8.83 Å². The largest absolute Gasteiger partial charge is 0.459 e. The van der Waals surface area contributed by atoms with Crippen LogP contribution in [-0.4, -0.2) is 22.6 Å².